The van der Waals surface area contributed by atoms with Crippen LogP contribution in [0.4, 0.5) is 8.78 Å². The average molecular weight is 595 g/mol. The number of fused-ring (bicyclic) bond motifs is 2. The van der Waals surface area contributed by atoms with E-state index in [1.54, 1.807) is 25.1 Å². The number of phenols is 1. The van der Waals surface area contributed by atoms with Crippen molar-refractivity contribution < 1.29 is 38.0 Å². The Hall–Kier alpha value is -3.89. The summed E-state index contributed by atoms with van der Waals surface area (Å²) in [4.78, 5) is 21.5. The van der Waals surface area contributed by atoms with E-state index in [0.717, 1.165) is 16.5 Å². The highest BCUT2D eigenvalue weighted by molar-refractivity contribution is 5.95. The van der Waals surface area contributed by atoms with Crippen LogP contribution in [0.3, 0.4) is 0 Å². The van der Waals surface area contributed by atoms with Crippen molar-refractivity contribution in [2.24, 2.45) is 5.92 Å². The third-order valence-electron chi connectivity index (χ3n) is 7.74. The summed E-state index contributed by atoms with van der Waals surface area (Å²) in [6.45, 7) is 4.57. The lowest BCUT2D eigenvalue weighted by atomic mass is 9.87. The lowest BCUT2D eigenvalue weighted by Crippen LogP contribution is -2.27. The topological polar surface area (TPSA) is 111 Å². The van der Waals surface area contributed by atoms with E-state index in [0.29, 0.717) is 72.2 Å². The average Bonchev–Trinajstić information content (AvgIpc) is 2.98. The van der Waals surface area contributed by atoms with Gasteiger partial charge in [0.25, 0.3) is 0 Å². The lowest BCUT2D eigenvalue weighted by molar-refractivity contribution is -0.0980. The maximum atomic E-state index is 13.5. The first-order valence-corrected chi connectivity index (χ1v) is 14.6. The third-order valence-corrected chi connectivity index (χ3v) is 7.74. The number of ether oxygens (including phenoxy) is 3. The van der Waals surface area contributed by atoms with Gasteiger partial charge in [0.05, 0.1) is 18.8 Å². The zero-order chi connectivity index (χ0) is 30.6. The van der Waals surface area contributed by atoms with Gasteiger partial charge in [0.2, 0.25) is 5.92 Å². The molecule has 0 spiro atoms. The molecule has 1 saturated carbocycles. The Bertz CT molecular complexity index is 1600. The molecule has 0 aliphatic heterocycles. The van der Waals surface area contributed by atoms with Gasteiger partial charge in [-0.3, -0.25) is 9.97 Å². The minimum atomic E-state index is -2.57. The predicted molar refractivity (Wildman–Crippen MR) is 157 cm³/mol. The second-order valence-corrected chi connectivity index (χ2v) is 11.2. The van der Waals surface area contributed by atoms with Crippen LogP contribution in [0.1, 0.15) is 72.4 Å². The minimum absolute atomic E-state index is 0.0307. The molecule has 10 heteroatoms. The van der Waals surface area contributed by atoms with Crippen molar-refractivity contribution in [2.45, 2.75) is 64.6 Å². The first-order valence-electron chi connectivity index (χ1n) is 14.6. The van der Waals surface area contributed by atoms with Gasteiger partial charge in [-0.05, 0) is 93.0 Å². The van der Waals surface area contributed by atoms with Crippen LogP contribution in [0.5, 0.6) is 11.5 Å². The molecule has 1 atom stereocenters. The molecule has 0 radical (unpaired) electrons. The van der Waals surface area contributed by atoms with E-state index < -0.39 is 18.2 Å². The summed E-state index contributed by atoms with van der Waals surface area (Å²) in [6.07, 6.45) is 3.54. The number of phenolic OH excluding ortho intramolecular Hbond substituents is 1. The standard InChI is InChI=1S/C33H36F2N2O6/c1-3-41-31(39)25-16-24-13-22(14-27(38)29(24)36-17-25)5-4-10-42-32(40)26-15-23-11-20(2)12-28(30(23)37-18-26)43-19-21-6-8-33(34,35)9-7-21/h11-18,21,31,38-39H,3-10,19H2,1-2H3. The van der Waals surface area contributed by atoms with E-state index in [1.807, 2.05) is 25.1 Å². The molecule has 8 nitrogen and oxygen atoms in total. The number of aliphatic hydroxyl groups is 1. The first-order chi connectivity index (χ1) is 20.6. The van der Waals surface area contributed by atoms with Crippen LogP contribution in [0, 0.1) is 12.8 Å². The van der Waals surface area contributed by atoms with Crippen molar-refractivity contribution in [3.63, 3.8) is 0 Å². The molecule has 0 amide bonds. The minimum Gasteiger partial charge on any atom is -0.506 e. The van der Waals surface area contributed by atoms with Gasteiger partial charge < -0.3 is 24.4 Å². The van der Waals surface area contributed by atoms with Crippen molar-refractivity contribution in [1.29, 1.82) is 0 Å². The maximum absolute atomic E-state index is 13.5. The van der Waals surface area contributed by atoms with Gasteiger partial charge in [-0.1, -0.05) is 0 Å². The van der Waals surface area contributed by atoms with Gasteiger partial charge in [0.1, 0.15) is 22.5 Å². The summed E-state index contributed by atoms with van der Waals surface area (Å²) in [5.74, 6) is -2.40. The number of aromatic nitrogens is 2. The number of aryl methyl sites for hydroxylation is 2. The van der Waals surface area contributed by atoms with Gasteiger partial charge in [0.15, 0.2) is 6.29 Å². The third kappa shape index (κ3) is 7.55. The first kappa shape index (κ1) is 30.6. The molecule has 1 aliphatic carbocycles. The summed E-state index contributed by atoms with van der Waals surface area (Å²) in [5.41, 5.74) is 3.60. The number of pyridine rings is 2. The highest BCUT2D eigenvalue weighted by Crippen LogP contribution is 2.37. The second kappa shape index (κ2) is 13.2. The number of benzene rings is 2. The van der Waals surface area contributed by atoms with Crippen molar-refractivity contribution in [1.82, 2.24) is 9.97 Å². The summed E-state index contributed by atoms with van der Waals surface area (Å²) < 4.78 is 43.7. The Morgan fingerprint density at radius 1 is 1.05 bits per heavy atom. The number of nitrogens with zero attached hydrogens (tertiary/aromatic N) is 2. The number of rotatable bonds is 11. The van der Waals surface area contributed by atoms with Gasteiger partial charge >= 0.3 is 5.97 Å². The molecule has 1 fully saturated rings. The summed E-state index contributed by atoms with van der Waals surface area (Å²) >= 11 is 0. The Balaban J connectivity index is 1.18. The van der Waals surface area contributed by atoms with Crippen molar-refractivity contribution in [3.05, 3.63) is 71.0 Å². The molecule has 43 heavy (non-hydrogen) atoms. The number of aliphatic hydroxyl groups excluding tert-OH is 1. The van der Waals surface area contributed by atoms with E-state index in [2.05, 4.69) is 9.97 Å². The van der Waals surface area contributed by atoms with Gasteiger partial charge in [-0.15, -0.1) is 0 Å². The fourth-order valence-corrected chi connectivity index (χ4v) is 5.42. The van der Waals surface area contributed by atoms with E-state index in [4.69, 9.17) is 14.2 Å². The largest absolute Gasteiger partial charge is 0.506 e. The Morgan fingerprint density at radius 3 is 2.56 bits per heavy atom. The lowest BCUT2D eigenvalue weighted by Gasteiger charge is -2.28. The molecular weight excluding hydrogens is 558 g/mol. The number of esters is 1. The van der Waals surface area contributed by atoms with Crippen LogP contribution in [0.2, 0.25) is 0 Å². The van der Waals surface area contributed by atoms with Crippen molar-refractivity contribution in [3.8, 4) is 11.5 Å². The normalized spacial score (nSPS) is 15.9. The molecule has 2 heterocycles. The molecule has 1 unspecified atom stereocenters. The quantitative estimate of drug-likeness (QED) is 0.111. The summed E-state index contributed by atoms with van der Waals surface area (Å²) in [5, 5.41) is 21.9. The Morgan fingerprint density at radius 2 is 1.79 bits per heavy atom. The number of halogens is 2. The zero-order valence-electron chi connectivity index (χ0n) is 24.3. The van der Waals surface area contributed by atoms with Gasteiger partial charge in [0, 0.05) is 48.2 Å². The number of carbonyl (C=O) groups is 1. The summed E-state index contributed by atoms with van der Waals surface area (Å²) in [7, 11) is 0. The molecule has 2 N–H and O–H groups in total. The predicted octanol–water partition coefficient (Wildman–Crippen LogP) is 6.82. The van der Waals surface area contributed by atoms with Crippen LogP contribution in [-0.2, 0) is 15.9 Å². The molecule has 1 aliphatic rings. The van der Waals surface area contributed by atoms with E-state index in [-0.39, 0.29) is 31.1 Å². The smallest absolute Gasteiger partial charge is 0.339 e. The number of carbonyl (C=O) groups excluding carboxylic acids is 1. The van der Waals surface area contributed by atoms with Crippen molar-refractivity contribution >= 4 is 27.8 Å². The van der Waals surface area contributed by atoms with E-state index in [1.165, 1.54) is 12.4 Å². The Labute approximate surface area is 248 Å². The summed E-state index contributed by atoms with van der Waals surface area (Å²) in [6, 6.07) is 10.7. The molecule has 2 aromatic carbocycles. The highest BCUT2D eigenvalue weighted by atomic mass is 19.3. The molecule has 0 bridgehead atoms. The van der Waals surface area contributed by atoms with Crippen LogP contribution in [-0.4, -0.2) is 51.9 Å². The number of aromatic hydroxyl groups is 1. The SMILES string of the molecule is CCOC(O)c1cnc2c(O)cc(CCCOC(=O)c3cnc4c(OCC5CCC(F)(F)CC5)cc(C)cc4c3)cc2c1. The fraction of sp³-hybridized carbons (Fsp3) is 0.424. The molecule has 228 valence electrons. The number of hydrogen-bond donors (Lipinski definition) is 2. The molecule has 0 saturated heterocycles. The zero-order valence-corrected chi connectivity index (χ0v) is 24.3. The van der Waals surface area contributed by atoms with Crippen LogP contribution in [0.25, 0.3) is 21.8 Å². The van der Waals surface area contributed by atoms with Crippen LogP contribution in [0.15, 0.2) is 48.8 Å². The highest BCUT2D eigenvalue weighted by Gasteiger charge is 2.35. The molecular formula is C33H36F2N2O6. The monoisotopic (exact) mass is 594 g/mol. The van der Waals surface area contributed by atoms with Crippen LogP contribution < -0.4 is 4.74 Å². The number of hydrogen-bond acceptors (Lipinski definition) is 8. The van der Waals surface area contributed by atoms with E-state index >= 15 is 0 Å². The fourth-order valence-electron chi connectivity index (χ4n) is 5.42. The second-order valence-electron chi connectivity index (χ2n) is 11.2. The van der Waals surface area contributed by atoms with Crippen molar-refractivity contribution in [2.75, 3.05) is 19.8 Å². The van der Waals surface area contributed by atoms with E-state index in [9.17, 15) is 23.8 Å². The van der Waals surface area contributed by atoms with Gasteiger partial charge in [-0.2, -0.15) is 0 Å². The Kier molecular flexibility index (Phi) is 9.37. The molecule has 4 aromatic rings. The number of alkyl halides is 2. The molecule has 5 rings (SSSR count). The van der Waals surface area contributed by atoms with Crippen LogP contribution >= 0.6 is 0 Å². The maximum Gasteiger partial charge on any atom is 0.339 e. The van der Waals surface area contributed by atoms with Gasteiger partial charge in [-0.25, -0.2) is 13.6 Å². The molecule has 2 aromatic heterocycles.